The van der Waals surface area contributed by atoms with Crippen LogP contribution in [0, 0.1) is 20.8 Å². The van der Waals surface area contributed by atoms with Crippen molar-refractivity contribution in [1.29, 1.82) is 0 Å². The normalized spacial score (nSPS) is 10.8. The summed E-state index contributed by atoms with van der Waals surface area (Å²) in [5, 5.41) is 12.1. The van der Waals surface area contributed by atoms with Crippen LogP contribution < -0.4 is 10.1 Å². The second kappa shape index (κ2) is 10.1. The zero-order valence-electron chi connectivity index (χ0n) is 17.5. The Morgan fingerprint density at radius 1 is 1.17 bits per heavy atom. The lowest BCUT2D eigenvalue weighted by Gasteiger charge is -2.12. The predicted octanol–water partition coefficient (Wildman–Crippen LogP) is 5.30. The number of hydrogen-bond acceptors (Lipinski definition) is 5. The van der Waals surface area contributed by atoms with E-state index in [1.807, 2.05) is 55.7 Å². The van der Waals surface area contributed by atoms with Gasteiger partial charge in [0.15, 0.2) is 11.0 Å². The Morgan fingerprint density at radius 2 is 1.97 bits per heavy atom. The highest BCUT2D eigenvalue weighted by atomic mass is 79.9. The van der Waals surface area contributed by atoms with Crippen LogP contribution in [0.25, 0.3) is 0 Å². The molecule has 30 heavy (non-hydrogen) atoms. The maximum atomic E-state index is 12.3. The summed E-state index contributed by atoms with van der Waals surface area (Å²) in [7, 11) is 0. The van der Waals surface area contributed by atoms with E-state index in [-0.39, 0.29) is 11.7 Å². The molecule has 0 unspecified atom stereocenters. The third-order valence-corrected chi connectivity index (χ3v) is 6.65. The Labute approximate surface area is 189 Å². The molecule has 0 spiro atoms. The van der Waals surface area contributed by atoms with Crippen LogP contribution in [0.3, 0.4) is 0 Å². The minimum Gasteiger partial charge on any atom is -0.485 e. The first-order valence-electron chi connectivity index (χ1n) is 9.69. The molecule has 1 amide bonds. The van der Waals surface area contributed by atoms with Crippen molar-refractivity contribution in [2.45, 2.75) is 46.0 Å². The SMILES string of the molecule is CCn1c(COc2cccc(C)c2C)nnc1SCC(=O)Nc1ccc(Br)c(C)c1. The van der Waals surface area contributed by atoms with Crippen molar-refractivity contribution in [2.75, 3.05) is 11.1 Å². The third kappa shape index (κ3) is 5.43. The molecule has 0 saturated carbocycles. The van der Waals surface area contributed by atoms with Crippen molar-refractivity contribution < 1.29 is 9.53 Å². The van der Waals surface area contributed by atoms with Crippen molar-refractivity contribution in [3.8, 4) is 5.75 Å². The first kappa shape index (κ1) is 22.4. The molecule has 3 aromatic rings. The Morgan fingerprint density at radius 3 is 2.70 bits per heavy atom. The van der Waals surface area contributed by atoms with Gasteiger partial charge in [-0.2, -0.15) is 0 Å². The first-order chi connectivity index (χ1) is 14.4. The summed E-state index contributed by atoms with van der Waals surface area (Å²) < 4.78 is 8.96. The van der Waals surface area contributed by atoms with Crippen LogP contribution in [-0.4, -0.2) is 26.4 Å². The van der Waals surface area contributed by atoms with Gasteiger partial charge in [0.25, 0.3) is 0 Å². The van der Waals surface area contributed by atoms with E-state index < -0.39 is 0 Å². The Hall–Kier alpha value is -2.32. The molecule has 1 N–H and O–H groups in total. The number of thioether (sulfide) groups is 1. The fraction of sp³-hybridized carbons (Fsp3) is 0.318. The Bertz CT molecular complexity index is 1050. The monoisotopic (exact) mass is 488 g/mol. The van der Waals surface area contributed by atoms with Gasteiger partial charge >= 0.3 is 0 Å². The highest BCUT2D eigenvalue weighted by Crippen LogP contribution is 2.24. The van der Waals surface area contributed by atoms with E-state index in [1.165, 1.54) is 17.3 Å². The summed E-state index contributed by atoms with van der Waals surface area (Å²) in [6.45, 7) is 9.15. The molecule has 8 heteroatoms. The van der Waals surface area contributed by atoms with Gasteiger partial charge in [0.2, 0.25) is 5.91 Å². The molecule has 0 radical (unpaired) electrons. The van der Waals surface area contributed by atoms with Gasteiger partial charge in [-0.1, -0.05) is 39.8 Å². The standard InChI is InChI=1S/C22H25BrN4O2S/c1-5-27-20(12-29-19-8-6-7-14(2)16(19)4)25-26-22(27)30-13-21(28)24-17-9-10-18(23)15(3)11-17/h6-11H,5,12-13H2,1-4H3,(H,24,28). The smallest absolute Gasteiger partial charge is 0.234 e. The number of carbonyl (C=O) groups excluding carboxylic acids is 1. The number of amides is 1. The molecule has 0 bridgehead atoms. The number of ether oxygens (including phenoxy) is 1. The van der Waals surface area contributed by atoms with E-state index in [1.54, 1.807) is 0 Å². The highest BCUT2D eigenvalue weighted by Gasteiger charge is 2.14. The lowest BCUT2D eigenvalue weighted by molar-refractivity contribution is -0.113. The summed E-state index contributed by atoms with van der Waals surface area (Å²) in [5.74, 6) is 1.76. The number of aryl methyl sites for hydroxylation is 2. The van der Waals surface area contributed by atoms with E-state index in [4.69, 9.17) is 4.74 Å². The average Bonchev–Trinajstić information content (AvgIpc) is 3.12. The van der Waals surface area contributed by atoms with Gasteiger partial charge in [-0.3, -0.25) is 4.79 Å². The minimum absolute atomic E-state index is 0.0828. The number of nitrogens with zero attached hydrogens (tertiary/aromatic N) is 3. The van der Waals surface area contributed by atoms with Crippen molar-refractivity contribution in [2.24, 2.45) is 0 Å². The van der Waals surface area contributed by atoms with Crippen molar-refractivity contribution in [3.63, 3.8) is 0 Å². The van der Waals surface area contributed by atoms with Gasteiger partial charge in [0.1, 0.15) is 12.4 Å². The molecule has 158 valence electrons. The van der Waals surface area contributed by atoms with Crippen LogP contribution in [0.1, 0.15) is 29.4 Å². The summed E-state index contributed by atoms with van der Waals surface area (Å²) in [6.07, 6.45) is 0. The number of anilines is 1. The number of rotatable bonds is 8. The fourth-order valence-electron chi connectivity index (χ4n) is 2.92. The maximum Gasteiger partial charge on any atom is 0.234 e. The first-order valence-corrected chi connectivity index (χ1v) is 11.5. The van der Waals surface area contributed by atoms with Gasteiger partial charge in [-0.25, -0.2) is 0 Å². The van der Waals surface area contributed by atoms with E-state index in [2.05, 4.69) is 44.4 Å². The number of aromatic nitrogens is 3. The Kier molecular flexibility index (Phi) is 7.55. The molecule has 0 saturated heterocycles. The second-order valence-corrected chi connectivity index (χ2v) is 8.73. The van der Waals surface area contributed by atoms with Gasteiger partial charge in [0, 0.05) is 16.7 Å². The predicted molar refractivity (Wildman–Crippen MR) is 124 cm³/mol. The summed E-state index contributed by atoms with van der Waals surface area (Å²) in [4.78, 5) is 12.3. The largest absolute Gasteiger partial charge is 0.485 e. The van der Waals surface area contributed by atoms with Gasteiger partial charge in [-0.05, 0) is 68.7 Å². The number of benzene rings is 2. The zero-order valence-corrected chi connectivity index (χ0v) is 19.9. The second-order valence-electron chi connectivity index (χ2n) is 6.93. The number of hydrogen-bond donors (Lipinski definition) is 1. The van der Waals surface area contributed by atoms with Crippen molar-refractivity contribution in [3.05, 3.63) is 63.4 Å². The quantitative estimate of drug-likeness (QED) is 0.435. The molecule has 0 fully saturated rings. The molecule has 0 aliphatic rings. The lowest BCUT2D eigenvalue weighted by Crippen LogP contribution is -2.15. The van der Waals surface area contributed by atoms with Crippen molar-refractivity contribution in [1.82, 2.24) is 14.8 Å². The van der Waals surface area contributed by atoms with Crippen LogP contribution in [0.2, 0.25) is 0 Å². The van der Waals surface area contributed by atoms with Gasteiger partial charge < -0.3 is 14.6 Å². The molecule has 1 aromatic heterocycles. The molecular weight excluding hydrogens is 464 g/mol. The molecule has 1 heterocycles. The lowest BCUT2D eigenvalue weighted by atomic mass is 10.1. The van der Waals surface area contributed by atoms with E-state index in [0.29, 0.717) is 18.3 Å². The van der Waals surface area contributed by atoms with Gasteiger partial charge in [-0.15, -0.1) is 10.2 Å². The molecule has 0 atom stereocenters. The molecule has 3 rings (SSSR count). The summed E-state index contributed by atoms with van der Waals surface area (Å²) >= 11 is 4.83. The maximum absolute atomic E-state index is 12.3. The highest BCUT2D eigenvalue weighted by molar-refractivity contribution is 9.10. The molecule has 0 aliphatic heterocycles. The topological polar surface area (TPSA) is 69.0 Å². The van der Waals surface area contributed by atoms with Crippen LogP contribution >= 0.6 is 27.7 Å². The van der Waals surface area contributed by atoms with Crippen LogP contribution in [0.4, 0.5) is 5.69 Å². The number of nitrogens with one attached hydrogen (secondary N) is 1. The Balaban J connectivity index is 1.60. The summed E-state index contributed by atoms with van der Waals surface area (Å²) in [5.41, 5.74) is 4.16. The van der Waals surface area contributed by atoms with E-state index in [9.17, 15) is 4.79 Å². The zero-order chi connectivity index (χ0) is 21.7. The van der Waals surface area contributed by atoms with E-state index in [0.717, 1.165) is 32.9 Å². The molecule has 2 aromatic carbocycles. The van der Waals surface area contributed by atoms with Crippen molar-refractivity contribution >= 4 is 39.3 Å². The molecular formula is C22H25BrN4O2S. The summed E-state index contributed by atoms with van der Waals surface area (Å²) in [6, 6.07) is 11.7. The molecule has 6 nitrogen and oxygen atoms in total. The van der Waals surface area contributed by atoms with Crippen LogP contribution in [0.15, 0.2) is 46.0 Å². The minimum atomic E-state index is -0.0828. The third-order valence-electron chi connectivity index (χ3n) is 4.80. The van der Waals surface area contributed by atoms with Gasteiger partial charge in [0.05, 0.1) is 5.75 Å². The molecule has 0 aliphatic carbocycles. The number of carbonyl (C=O) groups is 1. The number of halogens is 1. The van der Waals surface area contributed by atoms with Crippen LogP contribution in [0.5, 0.6) is 5.75 Å². The van der Waals surface area contributed by atoms with E-state index >= 15 is 0 Å². The fourth-order valence-corrected chi connectivity index (χ4v) is 3.99. The van der Waals surface area contributed by atoms with Crippen LogP contribution in [-0.2, 0) is 17.9 Å². The average molecular weight is 489 g/mol.